The molecule has 2 fully saturated rings. The van der Waals surface area contributed by atoms with Crippen molar-refractivity contribution in [3.63, 3.8) is 0 Å². The van der Waals surface area contributed by atoms with Gasteiger partial charge in [0.05, 0.1) is 0 Å². The summed E-state index contributed by atoms with van der Waals surface area (Å²) in [6.45, 7) is 4.23. The van der Waals surface area contributed by atoms with E-state index in [0.717, 1.165) is 44.9 Å². The summed E-state index contributed by atoms with van der Waals surface area (Å²) in [4.78, 5) is 35.7. The van der Waals surface area contributed by atoms with Crippen molar-refractivity contribution >= 4 is 18.0 Å². The van der Waals surface area contributed by atoms with Crippen LogP contribution in [0.2, 0.25) is 0 Å². The highest BCUT2D eigenvalue weighted by molar-refractivity contribution is 5.93. The van der Waals surface area contributed by atoms with Gasteiger partial charge in [0, 0.05) is 11.8 Å². The molecule has 2 saturated carbocycles. The van der Waals surface area contributed by atoms with Crippen molar-refractivity contribution in [2.45, 2.75) is 77.2 Å². The molecule has 0 bridgehead atoms. The van der Waals surface area contributed by atoms with Crippen molar-refractivity contribution in [1.29, 1.82) is 0 Å². The molecular formula is C22H28O4. The SMILES string of the molecule is CC[C@]12CCC3=C4CCC(=O)C=C4CC[C@H]3[C@@H]1CC[C@]2(OC=O)C(C)=O. The normalized spacial score (nSPS) is 38.8. The number of fused-ring (bicyclic) bond motifs is 4. The smallest absolute Gasteiger partial charge is 0.294 e. The maximum Gasteiger partial charge on any atom is 0.294 e. The zero-order valence-corrected chi connectivity index (χ0v) is 15.8. The average molecular weight is 356 g/mol. The first kappa shape index (κ1) is 17.7. The number of ketones is 2. The maximum absolute atomic E-state index is 12.7. The third-order valence-corrected chi connectivity index (χ3v) is 8.00. The average Bonchev–Trinajstić information content (AvgIpc) is 2.97. The maximum atomic E-state index is 12.7. The van der Waals surface area contributed by atoms with Gasteiger partial charge in [0.2, 0.25) is 0 Å². The van der Waals surface area contributed by atoms with E-state index in [1.807, 2.05) is 6.08 Å². The Kier molecular flexibility index (Phi) is 4.20. The fourth-order valence-corrected chi connectivity index (χ4v) is 6.95. The molecule has 4 aliphatic rings. The van der Waals surface area contributed by atoms with E-state index >= 15 is 0 Å². The first-order valence-corrected chi connectivity index (χ1v) is 10.1. The first-order chi connectivity index (χ1) is 12.5. The van der Waals surface area contributed by atoms with Gasteiger partial charge in [-0.15, -0.1) is 0 Å². The topological polar surface area (TPSA) is 60.4 Å². The quantitative estimate of drug-likeness (QED) is 0.712. The molecule has 0 aromatic carbocycles. The Morgan fingerprint density at radius 2 is 2.04 bits per heavy atom. The van der Waals surface area contributed by atoms with Crippen LogP contribution in [0.25, 0.3) is 0 Å². The van der Waals surface area contributed by atoms with Gasteiger partial charge in [0.25, 0.3) is 6.47 Å². The molecule has 0 unspecified atom stereocenters. The van der Waals surface area contributed by atoms with Crippen LogP contribution in [0.5, 0.6) is 0 Å². The molecule has 0 aromatic heterocycles. The molecule has 4 nitrogen and oxygen atoms in total. The molecule has 4 aliphatic carbocycles. The summed E-state index contributed by atoms with van der Waals surface area (Å²) in [5.41, 5.74) is 3.05. The monoisotopic (exact) mass is 356 g/mol. The largest absolute Gasteiger partial charge is 0.453 e. The summed E-state index contributed by atoms with van der Waals surface area (Å²) >= 11 is 0. The third kappa shape index (κ3) is 2.17. The number of allylic oxidation sites excluding steroid dienone is 4. The van der Waals surface area contributed by atoms with Crippen molar-refractivity contribution in [1.82, 2.24) is 0 Å². The highest BCUT2D eigenvalue weighted by Crippen LogP contribution is 2.66. The Balaban J connectivity index is 1.78. The van der Waals surface area contributed by atoms with Crippen LogP contribution in [0.3, 0.4) is 0 Å². The standard InChI is InChI=1S/C22H28O4/c1-3-21-10-8-18-17-7-5-16(25)12-15(17)4-6-19(18)20(21)9-11-22(21,14(2)24)26-13-23/h12-13,19-20H,3-11H2,1-2H3/t19-,20+,21+,22+/m1/s1. The number of carbonyl (C=O) groups is 3. The summed E-state index contributed by atoms with van der Waals surface area (Å²) in [5.74, 6) is 1.13. The molecule has 4 atom stereocenters. The van der Waals surface area contributed by atoms with Crippen LogP contribution in [0.15, 0.2) is 22.8 Å². The van der Waals surface area contributed by atoms with Crippen molar-refractivity contribution in [3.05, 3.63) is 22.8 Å². The van der Waals surface area contributed by atoms with Gasteiger partial charge in [0.15, 0.2) is 17.2 Å². The van der Waals surface area contributed by atoms with E-state index < -0.39 is 5.60 Å². The van der Waals surface area contributed by atoms with Gasteiger partial charge in [-0.3, -0.25) is 14.4 Å². The van der Waals surface area contributed by atoms with E-state index in [-0.39, 0.29) is 17.0 Å². The minimum absolute atomic E-state index is 0.00436. The van der Waals surface area contributed by atoms with Gasteiger partial charge in [-0.05, 0) is 87.3 Å². The van der Waals surface area contributed by atoms with Crippen LogP contribution >= 0.6 is 0 Å². The highest BCUT2D eigenvalue weighted by atomic mass is 16.5. The Hall–Kier alpha value is -1.71. The predicted octanol–water partition coefficient (Wildman–Crippen LogP) is 4.08. The second kappa shape index (κ2) is 6.17. The number of Topliss-reactive ketones (excluding diaryl/α,β-unsaturated/α-hetero) is 1. The summed E-state index contributed by atoms with van der Waals surface area (Å²) in [5, 5.41) is 0. The molecule has 0 amide bonds. The Morgan fingerprint density at radius 3 is 2.73 bits per heavy atom. The Labute approximate surface area is 155 Å². The van der Waals surface area contributed by atoms with Gasteiger partial charge < -0.3 is 4.74 Å². The molecule has 0 saturated heterocycles. The molecule has 26 heavy (non-hydrogen) atoms. The molecule has 0 N–H and O–H groups in total. The number of rotatable bonds is 4. The minimum atomic E-state index is -0.941. The van der Waals surface area contributed by atoms with Crippen molar-refractivity contribution < 1.29 is 19.1 Å². The van der Waals surface area contributed by atoms with Crippen LogP contribution < -0.4 is 0 Å². The number of hydrogen-bond donors (Lipinski definition) is 0. The summed E-state index contributed by atoms with van der Waals surface area (Å²) in [6.07, 6.45) is 9.73. The molecule has 0 aliphatic heterocycles. The first-order valence-electron chi connectivity index (χ1n) is 10.1. The van der Waals surface area contributed by atoms with Gasteiger partial charge in [0.1, 0.15) is 0 Å². The second-order valence-corrected chi connectivity index (χ2v) is 8.54. The van der Waals surface area contributed by atoms with Crippen LogP contribution in [0.1, 0.15) is 71.6 Å². The number of carbonyl (C=O) groups excluding carboxylic acids is 3. The van der Waals surface area contributed by atoms with E-state index in [1.165, 1.54) is 16.7 Å². The lowest BCUT2D eigenvalue weighted by Gasteiger charge is -2.53. The lowest BCUT2D eigenvalue weighted by molar-refractivity contribution is -0.175. The Bertz CT molecular complexity index is 730. The van der Waals surface area contributed by atoms with E-state index in [9.17, 15) is 14.4 Å². The van der Waals surface area contributed by atoms with Gasteiger partial charge in [-0.2, -0.15) is 0 Å². The van der Waals surface area contributed by atoms with Crippen LogP contribution in [-0.4, -0.2) is 23.6 Å². The highest BCUT2D eigenvalue weighted by Gasteiger charge is 2.66. The Morgan fingerprint density at radius 1 is 1.23 bits per heavy atom. The van der Waals surface area contributed by atoms with Gasteiger partial charge in [-0.25, -0.2) is 0 Å². The van der Waals surface area contributed by atoms with E-state index in [1.54, 1.807) is 6.92 Å². The molecular weight excluding hydrogens is 328 g/mol. The fourth-order valence-electron chi connectivity index (χ4n) is 6.95. The van der Waals surface area contributed by atoms with Gasteiger partial charge in [-0.1, -0.05) is 12.5 Å². The van der Waals surface area contributed by atoms with E-state index in [2.05, 4.69) is 6.92 Å². The zero-order valence-electron chi connectivity index (χ0n) is 15.8. The van der Waals surface area contributed by atoms with Crippen molar-refractivity contribution in [2.24, 2.45) is 17.3 Å². The van der Waals surface area contributed by atoms with Gasteiger partial charge >= 0.3 is 0 Å². The molecule has 4 heteroatoms. The van der Waals surface area contributed by atoms with Crippen LogP contribution in [0, 0.1) is 17.3 Å². The molecule has 0 heterocycles. The van der Waals surface area contributed by atoms with E-state index in [0.29, 0.717) is 31.1 Å². The van der Waals surface area contributed by atoms with Crippen molar-refractivity contribution in [2.75, 3.05) is 0 Å². The van der Waals surface area contributed by atoms with Crippen molar-refractivity contribution in [3.8, 4) is 0 Å². The van der Waals surface area contributed by atoms with Crippen LogP contribution in [0.4, 0.5) is 0 Å². The molecule has 0 aromatic rings. The number of ether oxygens (including phenoxy) is 1. The van der Waals surface area contributed by atoms with E-state index in [4.69, 9.17) is 4.74 Å². The molecule has 4 rings (SSSR count). The lowest BCUT2D eigenvalue weighted by atomic mass is 9.52. The summed E-state index contributed by atoms with van der Waals surface area (Å²) in [6, 6.07) is 0. The third-order valence-electron chi connectivity index (χ3n) is 8.00. The molecule has 0 spiro atoms. The summed E-state index contributed by atoms with van der Waals surface area (Å²) < 4.78 is 5.61. The fraction of sp³-hybridized carbons (Fsp3) is 0.682. The minimum Gasteiger partial charge on any atom is -0.453 e. The van der Waals surface area contributed by atoms with Crippen LogP contribution in [-0.2, 0) is 19.1 Å². The second-order valence-electron chi connectivity index (χ2n) is 8.54. The lowest BCUT2D eigenvalue weighted by Crippen LogP contribution is -2.56. The zero-order chi connectivity index (χ0) is 18.5. The predicted molar refractivity (Wildman–Crippen MR) is 97.3 cm³/mol. The number of hydrogen-bond acceptors (Lipinski definition) is 4. The summed E-state index contributed by atoms with van der Waals surface area (Å²) in [7, 11) is 0. The molecule has 140 valence electrons. The molecule has 0 radical (unpaired) electrons.